The normalized spacial score (nSPS) is 27.6. The lowest BCUT2D eigenvalue weighted by Gasteiger charge is -2.40. The average molecular weight is 257 g/mol. The van der Waals surface area contributed by atoms with Crippen LogP contribution in [0.5, 0.6) is 0 Å². The fourth-order valence-electron chi connectivity index (χ4n) is 2.59. The minimum atomic E-state index is -0.456. The van der Waals surface area contributed by atoms with Gasteiger partial charge in [-0.2, -0.15) is 0 Å². The van der Waals surface area contributed by atoms with Gasteiger partial charge in [0.05, 0.1) is 19.3 Å². The molecule has 1 spiro atoms. The van der Waals surface area contributed by atoms with Gasteiger partial charge in [-0.25, -0.2) is 4.79 Å². The SMILES string of the molecule is CC(C)(C)OC(=O)N1CCC2(CC1)COC[C@@H]2O. The summed E-state index contributed by atoms with van der Waals surface area (Å²) in [4.78, 5) is 13.6. The molecule has 2 heterocycles. The monoisotopic (exact) mass is 257 g/mol. The van der Waals surface area contributed by atoms with E-state index in [1.807, 2.05) is 20.8 Å². The first-order valence-corrected chi connectivity index (χ1v) is 6.56. The first-order valence-electron chi connectivity index (χ1n) is 6.56. The first kappa shape index (κ1) is 13.6. The van der Waals surface area contributed by atoms with Crippen LogP contribution in [0.1, 0.15) is 33.6 Å². The Bertz CT molecular complexity index is 315. The molecular weight excluding hydrogens is 234 g/mol. The highest BCUT2D eigenvalue weighted by Gasteiger charge is 2.46. The van der Waals surface area contributed by atoms with E-state index in [-0.39, 0.29) is 11.5 Å². The van der Waals surface area contributed by atoms with E-state index in [2.05, 4.69) is 0 Å². The highest BCUT2D eigenvalue weighted by atomic mass is 16.6. The van der Waals surface area contributed by atoms with E-state index >= 15 is 0 Å². The van der Waals surface area contributed by atoms with Gasteiger partial charge in [-0.1, -0.05) is 0 Å². The number of piperidine rings is 1. The van der Waals surface area contributed by atoms with Gasteiger partial charge in [-0.05, 0) is 33.6 Å². The summed E-state index contributed by atoms with van der Waals surface area (Å²) in [6.45, 7) is 7.90. The quantitative estimate of drug-likeness (QED) is 0.712. The highest BCUT2D eigenvalue weighted by Crippen LogP contribution is 2.39. The van der Waals surface area contributed by atoms with Gasteiger partial charge in [0.2, 0.25) is 0 Å². The molecule has 0 aromatic heterocycles. The lowest BCUT2D eigenvalue weighted by atomic mass is 9.76. The second-order valence-electron chi connectivity index (χ2n) is 6.36. The first-order chi connectivity index (χ1) is 8.32. The molecule has 0 saturated carbocycles. The van der Waals surface area contributed by atoms with Crippen molar-refractivity contribution in [2.75, 3.05) is 26.3 Å². The Kier molecular flexibility index (Phi) is 3.56. The van der Waals surface area contributed by atoms with Gasteiger partial charge in [-0.3, -0.25) is 0 Å². The predicted octanol–water partition coefficient (Wildman–Crippen LogP) is 1.39. The molecule has 0 aliphatic carbocycles. The van der Waals surface area contributed by atoms with Crippen molar-refractivity contribution in [1.29, 1.82) is 0 Å². The average Bonchev–Trinajstić information content (AvgIpc) is 2.59. The molecule has 5 heteroatoms. The molecule has 2 fully saturated rings. The van der Waals surface area contributed by atoms with Crippen LogP contribution in [0, 0.1) is 5.41 Å². The summed E-state index contributed by atoms with van der Waals surface area (Å²) in [7, 11) is 0. The van der Waals surface area contributed by atoms with E-state index in [9.17, 15) is 9.90 Å². The smallest absolute Gasteiger partial charge is 0.410 e. The maximum Gasteiger partial charge on any atom is 0.410 e. The van der Waals surface area contributed by atoms with Crippen molar-refractivity contribution in [3.8, 4) is 0 Å². The van der Waals surface area contributed by atoms with Crippen molar-refractivity contribution in [3.63, 3.8) is 0 Å². The Balaban J connectivity index is 1.89. The van der Waals surface area contributed by atoms with Gasteiger partial charge >= 0.3 is 6.09 Å². The van der Waals surface area contributed by atoms with Crippen LogP contribution in [0.4, 0.5) is 4.79 Å². The number of carbonyl (C=O) groups excluding carboxylic acids is 1. The number of carbonyl (C=O) groups is 1. The fraction of sp³-hybridized carbons (Fsp3) is 0.923. The molecule has 0 bridgehead atoms. The van der Waals surface area contributed by atoms with E-state index in [1.54, 1.807) is 4.90 Å². The van der Waals surface area contributed by atoms with Crippen molar-refractivity contribution in [3.05, 3.63) is 0 Å². The zero-order valence-corrected chi connectivity index (χ0v) is 11.4. The van der Waals surface area contributed by atoms with Crippen LogP contribution >= 0.6 is 0 Å². The molecule has 2 saturated heterocycles. The molecule has 5 nitrogen and oxygen atoms in total. The van der Waals surface area contributed by atoms with Crippen LogP contribution < -0.4 is 0 Å². The van der Waals surface area contributed by atoms with Gasteiger partial charge in [0, 0.05) is 18.5 Å². The summed E-state index contributed by atoms with van der Waals surface area (Å²) in [6.07, 6.45) is 0.921. The van der Waals surface area contributed by atoms with Crippen LogP contribution in [-0.4, -0.2) is 54.1 Å². The van der Waals surface area contributed by atoms with E-state index in [1.165, 1.54) is 0 Å². The van der Waals surface area contributed by atoms with Gasteiger partial charge in [0.25, 0.3) is 0 Å². The highest BCUT2D eigenvalue weighted by molar-refractivity contribution is 5.68. The second kappa shape index (κ2) is 4.70. The number of nitrogens with zero attached hydrogens (tertiary/aromatic N) is 1. The summed E-state index contributed by atoms with van der Waals surface area (Å²) in [5.74, 6) is 0. The molecule has 1 amide bonds. The van der Waals surface area contributed by atoms with Crippen LogP contribution in [0.25, 0.3) is 0 Å². The van der Waals surface area contributed by atoms with Crippen LogP contribution in [0.2, 0.25) is 0 Å². The summed E-state index contributed by atoms with van der Waals surface area (Å²) in [6, 6.07) is 0. The number of aliphatic hydroxyl groups is 1. The third-order valence-electron chi connectivity index (χ3n) is 3.78. The molecule has 1 N–H and O–H groups in total. The number of hydrogen-bond acceptors (Lipinski definition) is 4. The van der Waals surface area contributed by atoms with Crippen LogP contribution in [0.15, 0.2) is 0 Å². The van der Waals surface area contributed by atoms with Crippen LogP contribution in [-0.2, 0) is 9.47 Å². The zero-order valence-electron chi connectivity index (χ0n) is 11.4. The standard InChI is InChI=1S/C13H23NO4/c1-12(2,3)18-11(16)14-6-4-13(5-7-14)9-17-8-10(13)15/h10,15H,4-9H2,1-3H3/t10-/m0/s1. The summed E-state index contributed by atoms with van der Waals surface area (Å²) in [5.41, 5.74) is -0.597. The van der Waals surface area contributed by atoms with Crippen molar-refractivity contribution >= 4 is 6.09 Å². The Hall–Kier alpha value is -0.810. The van der Waals surface area contributed by atoms with Gasteiger partial charge in [0.1, 0.15) is 5.60 Å². The Morgan fingerprint density at radius 3 is 2.44 bits per heavy atom. The Labute approximate surface area is 108 Å². The summed E-state index contributed by atoms with van der Waals surface area (Å²) < 4.78 is 10.7. The van der Waals surface area contributed by atoms with E-state index in [0.717, 1.165) is 12.8 Å². The van der Waals surface area contributed by atoms with Gasteiger partial charge in [0.15, 0.2) is 0 Å². The maximum absolute atomic E-state index is 11.9. The number of aliphatic hydroxyl groups excluding tert-OH is 1. The zero-order chi connectivity index (χ0) is 13.4. The number of hydrogen-bond donors (Lipinski definition) is 1. The van der Waals surface area contributed by atoms with Gasteiger partial charge in [-0.15, -0.1) is 0 Å². The molecule has 2 aliphatic heterocycles. The van der Waals surface area contributed by atoms with E-state index in [0.29, 0.717) is 26.3 Å². The Morgan fingerprint density at radius 1 is 1.39 bits per heavy atom. The topological polar surface area (TPSA) is 59.0 Å². The number of ether oxygens (including phenoxy) is 2. The third kappa shape index (κ3) is 2.78. The predicted molar refractivity (Wildman–Crippen MR) is 66.3 cm³/mol. The van der Waals surface area contributed by atoms with E-state index < -0.39 is 11.7 Å². The molecule has 2 rings (SSSR count). The largest absolute Gasteiger partial charge is 0.444 e. The number of amides is 1. The second-order valence-corrected chi connectivity index (χ2v) is 6.36. The molecule has 104 valence electrons. The van der Waals surface area contributed by atoms with Gasteiger partial charge < -0.3 is 19.5 Å². The Morgan fingerprint density at radius 2 is 2.00 bits per heavy atom. The van der Waals surface area contributed by atoms with Crippen molar-refractivity contribution in [2.45, 2.75) is 45.3 Å². The molecule has 0 radical (unpaired) electrons. The molecular formula is C13H23NO4. The molecule has 0 aromatic rings. The lowest BCUT2D eigenvalue weighted by molar-refractivity contribution is -0.0119. The van der Waals surface area contributed by atoms with E-state index in [4.69, 9.17) is 9.47 Å². The molecule has 0 unspecified atom stereocenters. The summed E-state index contributed by atoms with van der Waals surface area (Å²) >= 11 is 0. The van der Waals surface area contributed by atoms with Crippen molar-refractivity contribution in [2.24, 2.45) is 5.41 Å². The summed E-state index contributed by atoms with van der Waals surface area (Å²) in [5, 5.41) is 9.96. The minimum absolute atomic E-state index is 0.140. The molecule has 18 heavy (non-hydrogen) atoms. The van der Waals surface area contributed by atoms with Crippen LogP contribution in [0.3, 0.4) is 0 Å². The third-order valence-corrected chi connectivity index (χ3v) is 3.78. The molecule has 0 aromatic carbocycles. The molecule has 1 atom stereocenters. The van der Waals surface area contributed by atoms with Crippen molar-refractivity contribution < 1.29 is 19.4 Å². The van der Waals surface area contributed by atoms with Crippen molar-refractivity contribution in [1.82, 2.24) is 4.90 Å². The lowest BCUT2D eigenvalue weighted by Crippen LogP contribution is -2.48. The minimum Gasteiger partial charge on any atom is -0.444 e. The maximum atomic E-state index is 11.9. The fourth-order valence-corrected chi connectivity index (χ4v) is 2.59. The number of rotatable bonds is 0. The number of likely N-dealkylation sites (tertiary alicyclic amines) is 1. The molecule has 2 aliphatic rings.